The molecule has 2 aromatic carbocycles. The van der Waals surface area contributed by atoms with Crippen LogP contribution in [-0.2, 0) is 11.2 Å². The fraction of sp³-hybridized carbons (Fsp3) is 0.188. The summed E-state index contributed by atoms with van der Waals surface area (Å²) in [6.45, 7) is 0.290. The van der Waals surface area contributed by atoms with Crippen molar-refractivity contribution in [1.82, 2.24) is 0 Å². The summed E-state index contributed by atoms with van der Waals surface area (Å²) in [4.78, 5) is 12.2. The number of rotatable bonds is 2. The van der Waals surface area contributed by atoms with Gasteiger partial charge in [-0.15, -0.1) is 0 Å². The third-order valence-corrected chi connectivity index (χ3v) is 3.67. The van der Waals surface area contributed by atoms with E-state index < -0.39 is 5.82 Å². The average Bonchev–Trinajstić information content (AvgIpc) is 2.49. The van der Waals surface area contributed by atoms with Crippen LogP contribution in [0.1, 0.15) is 5.56 Å². The van der Waals surface area contributed by atoms with Gasteiger partial charge in [-0.05, 0) is 36.2 Å². The van der Waals surface area contributed by atoms with Gasteiger partial charge in [0.25, 0.3) is 0 Å². The van der Waals surface area contributed by atoms with Crippen LogP contribution in [0.5, 0.6) is 5.75 Å². The molecule has 0 radical (unpaired) electrons. The maximum atomic E-state index is 13.7. The molecular weight excluding hydrogens is 293 g/mol. The number of carbonyl (C=O) groups excluding carboxylic acids is 1. The molecule has 1 aliphatic heterocycles. The van der Waals surface area contributed by atoms with Gasteiger partial charge >= 0.3 is 0 Å². The summed E-state index contributed by atoms with van der Waals surface area (Å²) in [5.74, 6) is -0.340. The molecule has 1 N–H and O–H groups in total. The van der Waals surface area contributed by atoms with Crippen LogP contribution in [0.2, 0.25) is 5.02 Å². The van der Waals surface area contributed by atoms with Crippen LogP contribution in [0.25, 0.3) is 0 Å². The van der Waals surface area contributed by atoms with Crippen LogP contribution in [0.3, 0.4) is 0 Å². The molecule has 1 atom stereocenters. The molecule has 0 bridgehead atoms. The maximum absolute atomic E-state index is 13.7. The minimum absolute atomic E-state index is 0.128. The Morgan fingerprint density at radius 2 is 2.10 bits per heavy atom. The van der Waals surface area contributed by atoms with Gasteiger partial charge in [0.2, 0.25) is 5.91 Å². The van der Waals surface area contributed by atoms with Crippen molar-refractivity contribution < 1.29 is 13.9 Å². The van der Waals surface area contributed by atoms with E-state index in [2.05, 4.69) is 5.32 Å². The van der Waals surface area contributed by atoms with E-state index in [0.717, 1.165) is 11.3 Å². The van der Waals surface area contributed by atoms with Crippen LogP contribution in [0, 0.1) is 11.7 Å². The molecule has 0 aromatic heterocycles. The monoisotopic (exact) mass is 305 g/mol. The number of amides is 1. The Morgan fingerprint density at radius 1 is 1.29 bits per heavy atom. The minimum atomic E-state index is -0.548. The second-order valence-corrected chi connectivity index (χ2v) is 5.37. The SMILES string of the molecule is O=C(Nc1ccc(Cl)cc1F)[C@H]1COc2ccccc2C1. The van der Waals surface area contributed by atoms with E-state index in [1.807, 2.05) is 24.3 Å². The third-order valence-electron chi connectivity index (χ3n) is 3.44. The van der Waals surface area contributed by atoms with Gasteiger partial charge in [-0.2, -0.15) is 0 Å². The first-order valence-corrected chi connectivity index (χ1v) is 6.98. The van der Waals surface area contributed by atoms with E-state index in [1.54, 1.807) is 0 Å². The van der Waals surface area contributed by atoms with Gasteiger partial charge in [0, 0.05) is 5.02 Å². The highest BCUT2D eigenvalue weighted by Gasteiger charge is 2.26. The quantitative estimate of drug-likeness (QED) is 0.919. The first kappa shape index (κ1) is 13.9. The normalized spacial score (nSPS) is 16.8. The van der Waals surface area contributed by atoms with E-state index in [1.165, 1.54) is 18.2 Å². The zero-order chi connectivity index (χ0) is 14.8. The van der Waals surface area contributed by atoms with Crippen LogP contribution in [0.4, 0.5) is 10.1 Å². The molecule has 1 aliphatic rings. The fourth-order valence-corrected chi connectivity index (χ4v) is 2.48. The minimum Gasteiger partial charge on any atom is -0.492 e. The second-order valence-electron chi connectivity index (χ2n) is 4.93. The summed E-state index contributed by atoms with van der Waals surface area (Å²) in [6.07, 6.45) is 0.581. The van der Waals surface area contributed by atoms with Crippen molar-refractivity contribution in [3.63, 3.8) is 0 Å². The summed E-state index contributed by atoms with van der Waals surface area (Å²) >= 11 is 5.69. The predicted molar refractivity (Wildman–Crippen MR) is 79.2 cm³/mol. The molecule has 21 heavy (non-hydrogen) atoms. The number of anilines is 1. The number of fused-ring (bicyclic) bond motifs is 1. The molecular formula is C16H13ClFNO2. The van der Waals surface area contributed by atoms with Gasteiger partial charge in [0.05, 0.1) is 11.6 Å². The molecule has 0 aliphatic carbocycles. The van der Waals surface area contributed by atoms with Crippen molar-refractivity contribution in [1.29, 1.82) is 0 Å². The van der Waals surface area contributed by atoms with Gasteiger partial charge in [0.15, 0.2) is 0 Å². The molecule has 3 rings (SSSR count). The first-order chi connectivity index (χ1) is 10.1. The maximum Gasteiger partial charge on any atom is 0.231 e. The number of hydrogen-bond donors (Lipinski definition) is 1. The first-order valence-electron chi connectivity index (χ1n) is 6.60. The lowest BCUT2D eigenvalue weighted by Gasteiger charge is -2.24. The molecule has 0 spiro atoms. The summed E-state index contributed by atoms with van der Waals surface area (Å²) in [5, 5.41) is 2.88. The van der Waals surface area contributed by atoms with Crippen molar-refractivity contribution in [3.8, 4) is 5.75 Å². The number of nitrogens with one attached hydrogen (secondary N) is 1. The summed E-state index contributed by atoms with van der Waals surface area (Å²) in [5.41, 5.74) is 1.11. The lowest BCUT2D eigenvalue weighted by molar-refractivity contribution is -0.121. The van der Waals surface area contributed by atoms with Crippen LogP contribution >= 0.6 is 11.6 Å². The lowest BCUT2D eigenvalue weighted by atomic mass is 9.96. The van der Waals surface area contributed by atoms with Crippen molar-refractivity contribution in [3.05, 3.63) is 58.9 Å². The number of para-hydroxylation sites is 1. The van der Waals surface area contributed by atoms with Crippen molar-refractivity contribution in [2.75, 3.05) is 11.9 Å². The van der Waals surface area contributed by atoms with E-state index in [0.29, 0.717) is 11.4 Å². The van der Waals surface area contributed by atoms with Crippen molar-refractivity contribution in [2.24, 2.45) is 5.92 Å². The van der Waals surface area contributed by atoms with Gasteiger partial charge in [-0.25, -0.2) is 4.39 Å². The third kappa shape index (κ3) is 3.00. The van der Waals surface area contributed by atoms with Crippen molar-refractivity contribution >= 4 is 23.2 Å². The zero-order valence-electron chi connectivity index (χ0n) is 11.1. The smallest absolute Gasteiger partial charge is 0.231 e. The second kappa shape index (κ2) is 5.74. The van der Waals surface area contributed by atoms with E-state index in [4.69, 9.17) is 16.3 Å². The Kier molecular flexibility index (Phi) is 3.80. The molecule has 1 amide bonds. The number of ether oxygens (including phenoxy) is 1. The highest BCUT2D eigenvalue weighted by atomic mass is 35.5. The van der Waals surface area contributed by atoms with Gasteiger partial charge < -0.3 is 10.1 Å². The van der Waals surface area contributed by atoms with E-state index in [9.17, 15) is 9.18 Å². The Morgan fingerprint density at radius 3 is 2.90 bits per heavy atom. The highest BCUT2D eigenvalue weighted by molar-refractivity contribution is 6.30. The topological polar surface area (TPSA) is 38.3 Å². The molecule has 0 fully saturated rings. The highest BCUT2D eigenvalue weighted by Crippen LogP contribution is 2.28. The summed E-state index contributed by atoms with van der Waals surface area (Å²) in [6, 6.07) is 11.8. The van der Waals surface area contributed by atoms with E-state index >= 15 is 0 Å². The van der Waals surface area contributed by atoms with Crippen molar-refractivity contribution in [2.45, 2.75) is 6.42 Å². The number of halogens is 2. The molecule has 0 unspecified atom stereocenters. The van der Waals surface area contributed by atoms with Gasteiger partial charge in [0.1, 0.15) is 18.2 Å². The number of carbonyl (C=O) groups is 1. The standard InChI is InChI=1S/C16H13ClFNO2/c17-12-5-6-14(13(18)8-12)19-16(20)11-7-10-3-1-2-4-15(10)21-9-11/h1-6,8,11H,7,9H2,(H,19,20)/t11-/m1/s1. The molecule has 5 heteroatoms. The average molecular weight is 306 g/mol. The molecule has 108 valence electrons. The Labute approximate surface area is 126 Å². The fourth-order valence-electron chi connectivity index (χ4n) is 2.32. The summed E-state index contributed by atoms with van der Waals surface area (Å²) in [7, 11) is 0. The van der Waals surface area contributed by atoms with Crippen LogP contribution < -0.4 is 10.1 Å². The molecule has 3 nitrogen and oxygen atoms in total. The molecule has 0 saturated heterocycles. The van der Waals surface area contributed by atoms with Gasteiger partial charge in [-0.1, -0.05) is 29.8 Å². The molecule has 1 heterocycles. The zero-order valence-corrected chi connectivity index (χ0v) is 11.9. The summed E-state index contributed by atoms with van der Waals surface area (Å²) < 4.78 is 19.3. The molecule has 2 aromatic rings. The Hall–Kier alpha value is -2.07. The Balaban J connectivity index is 1.72. The number of hydrogen-bond acceptors (Lipinski definition) is 2. The van der Waals surface area contributed by atoms with E-state index in [-0.39, 0.29) is 24.1 Å². The number of benzene rings is 2. The van der Waals surface area contributed by atoms with Crippen LogP contribution in [-0.4, -0.2) is 12.5 Å². The Bertz CT molecular complexity index is 690. The van der Waals surface area contributed by atoms with Crippen LogP contribution in [0.15, 0.2) is 42.5 Å². The largest absolute Gasteiger partial charge is 0.492 e. The van der Waals surface area contributed by atoms with Gasteiger partial charge in [-0.3, -0.25) is 4.79 Å². The lowest BCUT2D eigenvalue weighted by Crippen LogP contribution is -2.32. The predicted octanol–water partition coefficient (Wildman–Crippen LogP) is 3.67. The molecule has 0 saturated carbocycles.